The molecule has 0 saturated carbocycles. The fraction of sp³-hybridized carbons (Fsp3) is 0.136. The monoisotopic (exact) mass is 674 g/mol. The van der Waals surface area contributed by atoms with Crippen LogP contribution in [0.5, 0.6) is 0 Å². The van der Waals surface area contributed by atoms with Gasteiger partial charge in [-0.15, -0.1) is 0 Å². The van der Waals surface area contributed by atoms with E-state index in [1.165, 1.54) is 22.3 Å². The molecule has 6 aliphatic rings. The second-order valence-electron chi connectivity index (χ2n) is 14.0. The van der Waals surface area contributed by atoms with Crippen LogP contribution < -0.4 is 0 Å². The van der Waals surface area contributed by atoms with E-state index >= 15 is 0 Å². The van der Waals surface area contributed by atoms with Crippen molar-refractivity contribution >= 4 is 57.8 Å². The molecule has 0 N–H and O–H groups in total. The highest BCUT2D eigenvalue weighted by atomic mass is 15.4. The fourth-order valence-electron chi connectivity index (χ4n) is 7.80. The molecule has 2 unspecified atom stereocenters. The van der Waals surface area contributed by atoms with Crippen molar-refractivity contribution in [3.05, 3.63) is 166 Å². The van der Waals surface area contributed by atoms with Gasteiger partial charge in [0.1, 0.15) is 11.7 Å². The van der Waals surface area contributed by atoms with Crippen molar-refractivity contribution in [1.82, 2.24) is 9.80 Å². The molecule has 8 heteroatoms. The maximum atomic E-state index is 5.38. The first-order valence-electron chi connectivity index (χ1n) is 17.6. The molecule has 4 aromatic carbocycles. The van der Waals surface area contributed by atoms with Crippen LogP contribution in [0.4, 0.5) is 22.7 Å². The van der Waals surface area contributed by atoms with Crippen LogP contribution in [0, 0.1) is 27.7 Å². The van der Waals surface area contributed by atoms with E-state index in [0.717, 1.165) is 68.6 Å². The summed E-state index contributed by atoms with van der Waals surface area (Å²) in [6.45, 7) is 8.46. The summed E-state index contributed by atoms with van der Waals surface area (Å²) < 4.78 is 0. The van der Waals surface area contributed by atoms with Gasteiger partial charge >= 0.3 is 0 Å². The first-order chi connectivity index (χ1) is 25.4. The zero-order valence-corrected chi connectivity index (χ0v) is 29.3. The number of hydrogen-bond donors (Lipinski definition) is 0. The summed E-state index contributed by atoms with van der Waals surface area (Å²) >= 11 is 0. The third kappa shape index (κ3) is 4.82. The number of nitrogens with zero attached hydrogens (tertiary/aromatic N) is 8. The number of amidine groups is 6. The largest absolute Gasteiger partial charge is 0.279 e. The third-order valence-electron chi connectivity index (χ3n) is 10.3. The van der Waals surface area contributed by atoms with E-state index in [9.17, 15) is 0 Å². The minimum absolute atomic E-state index is 0.169. The molecular formula is C44H34N8. The molecule has 0 spiro atoms. The molecule has 0 saturated heterocycles. The lowest BCUT2D eigenvalue weighted by Crippen LogP contribution is -2.39. The topological polar surface area (TPSA) is 80.6 Å². The summed E-state index contributed by atoms with van der Waals surface area (Å²) in [6.07, 6.45) is 12.7. The van der Waals surface area contributed by atoms with Crippen LogP contribution in [0.2, 0.25) is 0 Å². The highest BCUT2D eigenvalue weighted by Gasteiger charge is 2.48. The van der Waals surface area contributed by atoms with Crippen LogP contribution >= 0.6 is 0 Å². The molecule has 6 heterocycles. The van der Waals surface area contributed by atoms with Crippen molar-refractivity contribution in [2.45, 2.75) is 39.5 Å². The average molecular weight is 675 g/mol. The lowest BCUT2D eigenvalue weighted by atomic mass is 9.74. The Morgan fingerprint density at radius 3 is 1.31 bits per heavy atom. The Bertz CT molecular complexity index is 2370. The average Bonchev–Trinajstić information content (AvgIpc) is 3.57. The Morgan fingerprint density at radius 2 is 0.885 bits per heavy atom. The quantitative estimate of drug-likeness (QED) is 0.217. The SMILES string of the molecule is Cc1ccc(N=C2N=C3C=CC=C4C(C5C6=CC=CC7=NC(=Nc8ccc(C)cc8)C(=Nc8ccc(C)cc85)N67)c5cc(C)ccc5N=C2N43)cc1. The molecule has 0 aliphatic carbocycles. The summed E-state index contributed by atoms with van der Waals surface area (Å²) in [6, 6.07) is 29.5. The molecule has 8 nitrogen and oxygen atoms in total. The van der Waals surface area contributed by atoms with Gasteiger partial charge in [-0.3, -0.25) is 9.80 Å². The molecule has 0 bridgehead atoms. The van der Waals surface area contributed by atoms with Crippen molar-refractivity contribution in [2.24, 2.45) is 30.0 Å². The van der Waals surface area contributed by atoms with E-state index < -0.39 is 0 Å². The first kappa shape index (κ1) is 30.3. The molecule has 52 heavy (non-hydrogen) atoms. The number of fused-ring (bicyclic) bond motifs is 2. The van der Waals surface area contributed by atoms with Gasteiger partial charge in [-0.2, -0.15) is 0 Å². The zero-order chi connectivity index (χ0) is 35.1. The first-order valence-corrected chi connectivity index (χ1v) is 17.6. The Balaban J connectivity index is 1.18. The van der Waals surface area contributed by atoms with Crippen LogP contribution in [0.25, 0.3) is 0 Å². The van der Waals surface area contributed by atoms with E-state index in [-0.39, 0.29) is 11.8 Å². The van der Waals surface area contributed by atoms with Crippen LogP contribution in [-0.4, -0.2) is 44.8 Å². The Labute approximate surface area is 302 Å². The van der Waals surface area contributed by atoms with Gasteiger partial charge in [0.25, 0.3) is 0 Å². The normalized spacial score (nSPS) is 22.0. The molecule has 0 fully saturated rings. The highest BCUT2D eigenvalue weighted by Crippen LogP contribution is 2.54. The summed E-state index contributed by atoms with van der Waals surface area (Å²) in [7, 11) is 0. The van der Waals surface area contributed by atoms with E-state index in [4.69, 9.17) is 30.0 Å². The number of rotatable bonds is 3. The summed E-state index contributed by atoms with van der Waals surface area (Å²) in [5, 5.41) is 0. The van der Waals surface area contributed by atoms with Crippen LogP contribution in [0.1, 0.15) is 45.2 Å². The minimum atomic E-state index is -0.169. The Hall–Kier alpha value is -6.54. The Kier molecular flexibility index (Phi) is 6.70. The van der Waals surface area contributed by atoms with Gasteiger partial charge in [0.2, 0.25) is 0 Å². The fourth-order valence-corrected chi connectivity index (χ4v) is 7.80. The molecule has 0 radical (unpaired) electrons. The smallest absolute Gasteiger partial charge is 0.198 e. The zero-order valence-electron chi connectivity index (χ0n) is 29.3. The Morgan fingerprint density at radius 1 is 0.481 bits per heavy atom. The molecule has 0 aromatic heterocycles. The van der Waals surface area contributed by atoms with Gasteiger partial charge in [0, 0.05) is 23.2 Å². The minimum Gasteiger partial charge on any atom is -0.279 e. The molecule has 0 amide bonds. The number of benzene rings is 4. The lowest BCUT2D eigenvalue weighted by molar-refractivity contribution is 0.536. The second kappa shape index (κ2) is 11.5. The van der Waals surface area contributed by atoms with Gasteiger partial charge in [0.05, 0.1) is 22.7 Å². The van der Waals surface area contributed by atoms with Crippen LogP contribution in [0.3, 0.4) is 0 Å². The van der Waals surface area contributed by atoms with Crippen molar-refractivity contribution < 1.29 is 0 Å². The number of hydrogen-bond acceptors (Lipinski definition) is 6. The van der Waals surface area contributed by atoms with E-state index in [0.29, 0.717) is 11.7 Å². The predicted molar refractivity (Wildman–Crippen MR) is 212 cm³/mol. The van der Waals surface area contributed by atoms with Crippen LogP contribution in [0.15, 0.2) is 163 Å². The molecular weight excluding hydrogens is 641 g/mol. The molecule has 2 atom stereocenters. The predicted octanol–water partition coefficient (Wildman–Crippen LogP) is 9.67. The van der Waals surface area contributed by atoms with Crippen molar-refractivity contribution in [3.8, 4) is 0 Å². The number of allylic oxidation sites excluding steroid dienone is 6. The van der Waals surface area contributed by atoms with Gasteiger partial charge in [-0.1, -0.05) is 82.9 Å². The maximum absolute atomic E-state index is 5.38. The van der Waals surface area contributed by atoms with Crippen LogP contribution in [-0.2, 0) is 0 Å². The van der Waals surface area contributed by atoms with Gasteiger partial charge in [-0.05, 0) is 99.5 Å². The van der Waals surface area contributed by atoms with Gasteiger partial charge in [-0.25, -0.2) is 30.0 Å². The van der Waals surface area contributed by atoms with Gasteiger partial charge < -0.3 is 0 Å². The van der Waals surface area contributed by atoms with Gasteiger partial charge in [0.15, 0.2) is 23.3 Å². The number of aryl methyl sites for hydroxylation is 4. The van der Waals surface area contributed by atoms with E-state index in [1.54, 1.807) is 0 Å². The lowest BCUT2D eigenvalue weighted by Gasteiger charge is -2.38. The summed E-state index contributed by atoms with van der Waals surface area (Å²) in [4.78, 5) is 35.4. The summed E-state index contributed by atoms with van der Waals surface area (Å²) in [5.74, 6) is 3.91. The molecule has 4 aromatic rings. The third-order valence-corrected chi connectivity index (χ3v) is 10.3. The van der Waals surface area contributed by atoms with E-state index in [1.807, 2.05) is 36.4 Å². The number of aliphatic imine (C=N–C) groups is 6. The highest BCUT2D eigenvalue weighted by molar-refractivity contribution is 6.51. The van der Waals surface area contributed by atoms with Crippen molar-refractivity contribution in [2.75, 3.05) is 0 Å². The molecule has 250 valence electrons. The standard InChI is InChI=1S/C44H34N8/c1-25-11-17-29(18-12-25)45-41-43-47-33-21-15-27(3)23-31(33)39(35-7-5-9-37(49-41)51(35)43)40-32-24-28(4)16-22-34(32)48-44-42(46-30-19-13-26(2)14-20-30)50-38-10-6-8-36(40)52(38)44/h5-24,39-40H,1-4H3. The van der Waals surface area contributed by atoms with Crippen molar-refractivity contribution in [1.29, 1.82) is 0 Å². The molecule has 6 aliphatic heterocycles. The maximum Gasteiger partial charge on any atom is 0.198 e. The second-order valence-corrected chi connectivity index (χ2v) is 14.0. The van der Waals surface area contributed by atoms with E-state index in [2.05, 4.69) is 122 Å². The molecule has 10 rings (SSSR count). The van der Waals surface area contributed by atoms with Crippen molar-refractivity contribution in [3.63, 3.8) is 0 Å². The summed E-state index contributed by atoms with van der Waals surface area (Å²) in [5.41, 5.74) is 12.6.